The summed E-state index contributed by atoms with van der Waals surface area (Å²) < 4.78 is 13.3. The second-order valence-electron chi connectivity index (χ2n) is 4.28. The van der Waals surface area contributed by atoms with Crippen molar-refractivity contribution in [1.82, 2.24) is 0 Å². The molecule has 2 aromatic carbocycles. The maximum atomic E-state index is 13.3. The Morgan fingerprint density at radius 2 is 1.95 bits per heavy atom. The van der Waals surface area contributed by atoms with Crippen molar-refractivity contribution in [3.8, 4) is 0 Å². The van der Waals surface area contributed by atoms with Gasteiger partial charge in [-0.05, 0) is 42.3 Å². The summed E-state index contributed by atoms with van der Waals surface area (Å²) in [5.41, 5.74) is 1.64. The molecular weight excluding hydrogens is 284 g/mol. The zero-order chi connectivity index (χ0) is 13.8. The molecular formula is C15H14Cl2FN. The quantitative estimate of drug-likeness (QED) is 0.764. The van der Waals surface area contributed by atoms with Crippen molar-refractivity contribution in [2.24, 2.45) is 0 Å². The van der Waals surface area contributed by atoms with Crippen molar-refractivity contribution in [1.29, 1.82) is 0 Å². The summed E-state index contributed by atoms with van der Waals surface area (Å²) in [4.78, 5) is 0. The molecule has 0 fully saturated rings. The van der Waals surface area contributed by atoms with Gasteiger partial charge in [-0.2, -0.15) is 0 Å². The van der Waals surface area contributed by atoms with E-state index in [0.29, 0.717) is 10.0 Å². The minimum atomic E-state index is -0.241. The van der Waals surface area contributed by atoms with Crippen LogP contribution in [-0.4, -0.2) is 0 Å². The molecule has 0 aromatic heterocycles. The zero-order valence-corrected chi connectivity index (χ0v) is 12.0. The highest BCUT2D eigenvalue weighted by atomic mass is 35.5. The monoisotopic (exact) mass is 297 g/mol. The molecule has 0 saturated heterocycles. The van der Waals surface area contributed by atoms with Crippen LogP contribution < -0.4 is 5.32 Å². The molecule has 100 valence electrons. The van der Waals surface area contributed by atoms with E-state index in [9.17, 15) is 4.39 Å². The molecule has 4 heteroatoms. The molecule has 1 unspecified atom stereocenters. The van der Waals surface area contributed by atoms with Crippen LogP contribution in [0.4, 0.5) is 10.1 Å². The van der Waals surface area contributed by atoms with Crippen LogP contribution >= 0.6 is 23.2 Å². The summed E-state index contributed by atoms with van der Waals surface area (Å²) in [5, 5.41) is 4.51. The molecule has 0 saturated carbocycles. The Hall–Kier alpha value is -1.25. The highest BCUT2D eigenvalue weighted by molar-refractivity contribution is 6.35. The Bertz CT molecular complexity index is 572. The number of nitrogens with one attached hydrogen (secondary N) is 1. The summed E-state index contributed by atoms with van der Waals surface area (Å²) in [6.07, 6.45) is 0.812. The van der Waals surface area contributed by atoms with E-state index in [-0.39, 0.29) is 11.9 Å². The van der Waals surface area contributed by atoms with Gasteiger partial charge in [-0.3, -0.25) is 0 Å². The highest BCUT2D eigenvalue weighted by Gasteiger charge is 2.12. The van der Waals surface area contributed by atoms with E-state index >= 15 is 0 Å². The smallest absolute Gasteiger partial charge is 0.123 e. The molecule has 0 aliphatic heterocycles. The molecule has 0 aliphatic carbocycles. The maximum absolute atomic E-state index is 13.3. The fraction of sp³-hybridized carbons (Fsp3) is 0.200. The molecule has 2 rings (SSSR count). The molecule has 0 spiro atoms. The van der Waals surface area contributed by atoms with E-state index < -0.39 is 0 Å². The average Bonchev–Trinajstić information content (AvgIpc) is 2.39. The highest BCUT2D eigenvalue weighted by Crippen LogP contribution is 2.30. The predicted molar refractivity (Wildman–Crippen MR) is 79.5 cm³/mol. The summed E-state index contributed by atoms with van der Waals surface area (Å²) in [5.74, 6) is -0.241. The third-order valence-corrected chi connectivity index (χ3v) is 3.48. The standard InChI is InChI=1S/C15H14Cl2FN/c1-2-14(10-4-3-5-12(18)8-10)19-15-9-11(16)6-7-13(15)17/h3-9,14,19H,2H2,1H3. The van der Waals surface area contributed by atoms with Crippen molar-refractivity contribution in [3.63, 3.8) is 0 Å². The van der Waals surface area contributed by atoms with Gasteiger partial charge in [-0.1, -0.05) is 42.3 Å². The van der Waals surface area contributed by atoms with Crippen molar-refractivity contribution >= 4 is 28.9 Å². The van der Waals surface area contributed by atoms with Gasteiger partial charge in [0.05, 0.1) is 16.8 Å². The van der Waals surface area contributed by atoms with Gasteiger partial charge in [0.1, 0.15) is 5.82 Å². The SMILES string of the molecule is CCC(Nc1cc(Cl)ccc1Cl)c1cccc(F)c1. The van der Waals surface area contributed by atoms with Gasteiger partial charge in [0.25, 0.3) is 0 Å². The lowest BCUT2D eigenvalue weighted by Gasteiger charge is -2.20. The normalized spacial score (nSPS) is 12.2. The van der Waals surface area contributed by atoms with Crippen LogP contribution in [-0.2, 0) is 0 Å². The van der Waals surface area contributed by atoms with Crippen molar-refractivity contribution < 1.29 is 4.39 Å². The van der Waals surface area contributed by atoms with E-state index in [1.54, 1.807) is 24.3 Å². The van der Waals surface area contributed by atoms with Crippen LogP contribution in [0.3, 0.4) is 0 Å². The molecule has 0 heterocycles. The van der Waals surface area contributed by atoms with E-state index in [1.165, 1.54) is 12.1 Å². The topological polar surface area (TPSA) is 12.0 Å². The summed E-state index contributed by atoms with van der Waals surface area (Å²) in [6, 6.07) is 11.8. The van der Waals surface area contributed by atoms with Gasteiger partial charge in [-0.15, -0.1) is 0 Å². The van der Waals surface area contributed by atoms with Crippen LogP contribution in [0.15, 0.2) is 42.5 Å². The average molecular weight is 298 g/mol. The van der Waals surface area contributed by atoms with Gasteiger partial charge in [0, 0.05) is 5.02 Å². The second kappa shape index (κ2) is 6.27. The lowest BCUT2D eigenvalue weighted by atomic mass is 10.0. The minimum Gasteiger partial charge on any atom is -0.377 e. The van der Waals surface area contributed by atoms with Crippen molar-refractivity contribution in [2.75, 3.05) is 5.32 Å². The maximum Gasteiger partial charge on any atom is 0.123 e. The Labute approximate surface area is 122 Å². The first-order chi connectivity index (χ1) is 9.10. The molecule has 1 atom stereocenters. The van der Waals surface area contributed by atoms with E-state index in [4.69, 9.17) is 23.2 Å². The number of hydrogen-bond donors (Lipinski definition) is 1. The van der Waals surface area contributed by atoms with Crippen LogP contribution in [0.1, 0.15) is 24.9 Å². The molecule has 19 heavy (non-hydrogen) atoms. The fourth-order valence-electron chi connectivity index (χ4n) is 1.94. The number of benzene rings is 2. The fourth-order valence-corrected chi connectivity index (χ4v) is 2.28. The molecule has 0 aliphatic rings. The van der Waals surface area contributed by atoms with Gasteiger partial charge in [0.15, 0.2) is 0 Å². The summed E-state index contributed by atoms with van der Waals surface area (Å²) in [6.45, 7) is 2.03. The second-order valence-corrected chi connectivity index (χ2v) is 5.13. The van der Waals surface area contributed by atoms with E-state index in [0.717, 1.165) is 17.7 Å². The summed E-state index contributed by atoms with van der Waals surface area (Å²) in [7, 11) is 0. The van der Waals surface area contributed by atoms with Gasteiger partial charge in [0.2, 0.25) is 0 Å². The molecule has 2 aromatic rings. The molecule has 0 bridgehead atoms. The third kappa shape index (κ3) is 3.62. The lowest BCUT2D eigenvalue weighted by Crippen LogP contribution is -2.10. The first-order valence-corrected chi connectivity index (χ1v) is 6.82. The number of hydrogen-bond acceptors (Lipinski definition) is 1. The Morgan fingerprint density at radius 1 is 1.16 bits per heavy atom. The van der Waals surface area contributed by atoms with Gasteiger partial charge in [-0.25, -0.2) is 4.39 Å². The number of anilines is 1. The Kier molecular flexibility index (Phi) is 4.67. The van der Waals surface area contributed by atoms with Crippen LogP contribution in [0.25, 0.3) is 0 Å². The Balaban J connectivity index is 2.26. The molecule has 0 amide bonds. The number of halogens is 3. The largest absolute Gasteiger partial charge is 0.377 e. The van der Waals surface area contributed by atoms with Crippen molar-refractivity contribution in [3.05, 3.63) is 63.9 Å². The van der Waals surface area contributed by atoms with Gasteiger partial charge < -0.3 is 5.32 Å². The van der Waals surface area contributed by atoms with Gasteiger partial charge >= 0.3 is 0 Å². The predicted octanol–water partition coefficient (Wildman–Crippen LogP) is 5.70. The van der Waals surface area contributed by atoms with Crippen LogP contribution in [0.5, 0.6) is 0 Å². The molecule has 0 radical (unpaired) electrons. The van der Waals surface area contributed by atoms with Crippen LogP contribution in [0, 0.1) is 5.82 Å². The van der Waals surface area contributed by atoms with Crippen LogP contribution in [0.2, 0.25) is 10.0 Å². The first-order valence-electron chi connectivity index (χ1n) is 6.07. The Morgan fingerprint density at radius 3 is 2.63 bits per heavy atom. The van der Waals surface area contributed by atoms with Crippen molar-refractivity contribution in [2.45, 2.75) is 19.4 Å². The molecule has 1 nitrogen and oxygen atoms in total. The lowest BCUT2D eigenvalue weighted by molar-refractivity contribution is 0.621. The molecule has 1 N–H and O–H groups in total. The minimum absolute atomic E-state index is 0.00772. The summed E-state index contributed by atoms with van der Waals surface area (Å²) >= 11 is 12.1. The van der Waals surface area contributed by atoms with E-state index in [2.05, 4.69) is 5.32 Å². The third-order valence-electron chi connectivity index (χ3n) is 2.92. The number of rotatable bonds is 4. The van der Waals surface area contributed by atoms with E-state index in [1.807, 2.05) is 13.0 Å². The zero-order valence-electron chi connectivity index (χ0n) is 10.5. The first kappa shape index (κ1) is 14.2.